The van der Waals surface area contributed by atoms with Crippen molar-refractivity contribution in [2.24, 2.45) is 0 Å². The molecule has 0 spiro atoms. The summed E-state index contributed by atoms with van der Waals surface area (Å²) in [7, 11) is 0. The van der Waals surface area contributed by atoms with E-state index >= 15 is 0 Å². The van der Waals surface area contributed by atoms with Crippen molar-refractivity contribution in [3.05, 3.63) is 42.5 Å². The van der Waals surface area contributed by atoms with E-state index in [0.29, 0.717) is 5.69 Å². The zero-order valence-corrected chi connectivity index (χ0v) is 11.3. The van der Waals surface area contributed by atoms with Gasteiger partial charge in [-0.25, -0.2) is 4.79 Å². The van der Waals surface area contributed by atoms with Crippen LogP contribution in [-0.2, 0) is 4.79 Å². The molecular formula is C14H19N3O3. The summed E-state index contributed by atoms with van der Waals surface area (Å²) in [6.07, 6.45) is 0.454. The molecule has 20 heavy (non-hydrogen) atoms. The molecule has 0 radical (unpaired) electrons. The topological polar surface area (TPSA) is 104 Å². The van der Waals surface area contributed by atoms with Crippen LogP contribution in [0.2, 0.25) is 0 Å². The van der Waals surface area contributed by atoms with E-state index in [4.69, 9.17) is 10.8 Å². The smallest absolute Gasteiger partial charge is 0.405 e. The van der Waals surface area contributed by atoms with Gasteiger partial charge < -0.3 is 21.5 Å². The Kier molecular flexibility index (Phi) is 5.58. The third kappa shape index (κ3) is 4.31. The second-order valence-electron chi connectivity index (χ2n) is 4.39. The molecule has 0 aliphatic heterocycles. The first-order valence-corrected chi connectivity index (χ1v) is 6.20. The fraction of sp³-hybridized carbons (Fsp3) is 0.286. The maximum atomic E-state index is 12.0. The first-order chi connectivity index (χ1) is 9.45. The number of rotatable bonds is 6. The van der Waals surface area contributed by atoms with Crippen LogP contribution in [0, 0.1) is 0 Å². The molecule has 2 unspecified atom stereocenters. The first kappa shape index (κ1) is 15.6. The number of nitrogens with one attached hydrogen (secondary N) is 2. The van der Waals surface area contributed by atoms with Crippen molar-refractivity contribution in [3.63, 3.8) is 0 Å². The summed E-state index contributed by atoms with van der Waals surface area (Å²) in [5.41, 5.74) is 7.20. The highest BCUT2D eigenvalue weighted by Gasteiger charge is 2.21. The number of nitrogens with two attached hydrogens (primary N) is 1. The van der Waals surface area contributed by atoms with Crippen LogP contribution in [0.4, 0.5) is 10.5 Å². The van der Waals surface area contributed by atoms with E-state index < -0.39 is 18.0 Å². The number of hydrogen-bond acceptors (Lipinski definition) is 3. The Bertz CT molecular complexity index is 502. The number of para-hydroxylation sites is 1. The molecule has 1 aromatic rings. The van der Waals surface area contributed by atoms with Crippen LogP contribution >= 0.6 is 0 Å². The molecule has 108 valence electrons. The lowest BCUT2D eigenvalue weighted by molar-refractivity contribution is -0.123. The van der Waals surface area contributed by atoms with Gasteiger partial charge in [0.05, 0.1) is 6.04 Å². The van der Waals surface area contributed by atoms with Crippen molar-refractivity contribution in [3.8, 4) is 0 Å². The summed E-state index contributed by atoms with van der Waals surface area (Å²) < 4.78 is 0. The van der Waals surface area contributed by atoms with E-state index in [-0.39, 0.29) is 12.5 Å². The zero-order valence-electron chi connectivity index (χ0n) is 11.3. The second kappa shape index (κ2) is 7.18. The van der Waals surface area contributed by atoms with Crippen molar-refractivity contribution in [2.75, 3.05) is 5.73 Å². The van der Waals surface area contributed by atoms with Crippen molar-refractivity contribution in [1.82, 2.24) is 10.6 Å². The van der Waals surface area contributed by atoms with Crippen LogP contribution in [0.1, 0.15) is 24.9 Å². The minimum atomic E-state index is -1.25. The van der Waals surface area contributed by atoms with Gasteiger partial charge in [0.1, 0.15) is 6.04 Å². The van der Waals surface area contributed by atoms with Crippen LogP contribution in [0.15, 0.2) is 36.9 Å². The maximum Gasteiger partial charge on any atom is 0.405 e. The Morgan fingerprint density at radius 2 is 2.05 bits per heavy atom. The molecule has 0 saturated heterocycles. The van der Waals surface area contributed by atoms with Crippen LogP contribution in [0.5, 0.6) is 0 Å². The highest BCUT2D eigenvalue weighted by molar-refractivity contribution is 5.85. The summed E-state index contributed by atoms with van der Waals surface area (Å²) in [6, 6.07) is 6.01. The normalized spacial score (nSPS) is 13.1. The van der Waals surface area contributed by atoms with Crippen LogP contribution in [0.3, 0.4) is 0 Å². The minimum absolute atomic E-state index is 0.217. The number of hydrogen-bond donors (Lipinski definition) is 4. The molecule has 6 nitrogen and oxygen atoms in total. The van der Waals surface area contributed by atoms with Gasteiger partial charge in [-0.2, -0.15) is 0 Å². The average molecular weight is 277 g/mol. The largest absolute Gasteiger partial charge is 0.465 e. The van der Waals surface area contributed by atoms with Gasteiger partial charge in [0.25, 0.3) is 0 Å². The highest BCUT2D eigenvalue weighted by Crippen LogP contribution is 2.19. The second-order valence-corrected chi connectivity index (χ2v) is 4.39. The fourth-order valence-electron chi connectivity index (χ4n) is 1.84. The molecule has 0 aliphatic carbocycles. The average Bonchev–Trinajstić information content (AvgIpc) is 2.38. The number of anilines is 1. The van der Waals surface area contributed by atoms with E-state index in [9.17, 15) is 9.59 Å². The summed E-state index contributed by atoms with van der Waals surface area (Å²) in [5.74, 6) is -0.414. The lowest BCUT2D eigenvalue weighted by Gasteiger charge is -2.20. The van der Waals surface area contributed by atoms with E-state index in [1.807, 2.05) is 12.1 Å². The minimum Gasteiger partial charge on any atom is -0.465 e. The Morgan fingerprint density at radius 3 is 2.60 bits per heavy atom. The van der Waals surface area contributed by atoms with Crippen LogP contribution in [-0.4, -0.2) is 23.1 Å². The standard InChI is InChI=1S/C14H19N3O3/c1-3-6-12(17-14(19)20)13(18)16-9(2)10-7-4-5-8-11(10)15/h3-5,7-9,12,17H,1,6,15H2,2H3,(H,16,18)(H,19,20). The molecular weight excluding hydrogens is 258 g/mol. The highest BCUT2D eigenvalue weighted by atomic mass is 16.4. The third-order valence-electron chi connectivity index (χ3n) is 2.84. The van der Waals surface area contributed by atoms with Crippen molar-refractivity contribution < 1.29 is 14.7 Å². The lowest BCUT2D eigenvalue weighted by atomic mass is 10.1. The SMILES string of the molecule is C=CCC(NC(=O)O)C(=O)NC(C)c1ccccc1N. The molecule has 0 saturated carbocycles. The molecule has 0 fully saturated rings. The van der Waals surface area contributed by atoms with Gasteiger partial charge in [-0.15, -0.1) is 6.58 Å². The third-order valence-corrected chi connectivity index (χ3v) is 2.84. The van der Waals surface area contributed by atoms with Crippen LogP contribution < -0.4 is 16.4 Å². The van der Waals surface area contributed by atoms with Gasteiger partial charge in [0.15, 0.2) is 0 Å². The Morgan fingerprint density at radius 1 is 1.40 bits per heavy atom. The van der Waals surface area contributed by atoms with E-state index in [2.05, 4.69) is 17.2 Å². The molecule has 0 aliphatic rings. The Labute approximate surface area is 117 Å². The van der Waals surface area contributed by atoms with Gasteiger partial charge in [-0.05, 0) is 25.0 Å². The Balaban J connectivity index is 2.74. The summed E-state index contributed by atoms with van der Waals surface area (Å²) in [6.45, 7) is 5.30. The van der Waals surface area contributed by atoms with Gasteiger partial charge in [0.2, 0.25) is 5.91 Å². The first-order valence-electron chi connectivity index (χ1n) is 6.20. The fourth-order valence-corrected chi connectivity index (χ4v) is 1.84. The molecule has 2 amide bonds. The van der Waals surface area contributed by atoms with Crippen molar-refractivity contribution >= 4 is 17.7 Å². The monoisotopic (exact) mass is 277 g/mol. The van der Waals surface area contributed by atoms with Gasteiger partial charge in [0, 0.05) is 5.69 Å². The number of carbonyl (C=O) groups excluding carboxylic acids is 1. The van der Waals surface area contributed by atoms with Gasteiger partial charge >= 0.3 is 6.09 Å². The van der Waals surface area contributed by atoms with Crippen molar-refractivity contribution in [1.29, 1.82) is 0 Å². The summed E-state index contributed by atoms with van der Waals surface area (Å²) >= 11 is 0. The predicted octanol–water partition coefficient (Wildman–Crippen LogP) is 1.66. The molecule has 2 atom stereocenters. The molecule has 0 aromatic heterocycles. The molecule has 1 rings (SSSR count). The Hall–Kier alpha value is -2.50. The summed E-state index contributed by atoms with van der Waals surface area (Å²) in [5, 5.41) is 13.6. The van der Waals surface area contributed by atoms with E-state index in [0.717, 1.165) is 5.56 Å². The maximum absolute atomic E-state index is 12.0. The molecule has 0 heterocycles. The number of benzene rings is 1. The van der Waals surface area contributed by atoms with Gasteiger partial charge in [-0.1, -0.05) is 24.3 Å². The number of nitrogen functional groups attached to an aromatic ring is 1. The number of carboxylic acid groups (broad SMARTS) is 1. The molecule has 6 heteroatoms. The zero-order chi connectivity index (χ0) is 15.1. The van der Waals surface area contributed by atoms with E-state index in [1.54, 1.807) is 19.1 Å². The van der Waals surface area contributed by atoms with Crippen LogP contribution in [0.25, 0.3) is 0 Å². The van der Waals surface area contributed by atoms with E-state index in [1.165, 1.54) is 6.08 Å². The quantitative estimate of drug-likeness (QED) is 0.469. The molecule has 5 N–H and O–H groups in total. The van der Waals surface area contributed by atoms with Gasteiger partial charge in [-0.3, -0.25) is 4.79 Å². The predicted molar refractivity (Wildman–Crippen MR) is 77.2 cm³/mol. The molecule has 0 bridgehead atoms. The van der Waals surface area contributed by atoms with Crippen molar-refractivity contribution in [2.45, 2.75) is 25.4 Å². The summed E-state index contributed by atoms with van der Waals surface area (Å²) in [4.78, 5) is 22.7. The lowest BCUT2D eigenvalue weighted by Crippen LogP contribution is -2.46. The number of amides is 2. The molecule has 1 aromatic carbocycles. The number of carbonyl (C=O) groups is 2.